The number of thioether (sulfide) groups is 1. The molecule has 3 aromatic rings. The maximum absolute atomic E-state index is 12.9. The van der Waals surface area contributed by atoms with Crippen molar-refractivity contribution in [1.82, 2.24) is 9.47 Å². The van der Waals surface area contributed by atoms with E-state index in [0.717, 1.165) is 45.5 Å². The summed E-state index contributed by atoms with van der Waals surface area (Å²) in [5, 5.41) is -0.224. The molecule has 0 unspecified atom stereocenters. The Bertz CT molecular complexity index is 1160. The molecule has 0 N–H and O–H groups in total. The van der Waals surface area contributed by atoms with Crippen molar-refractivity contribution in [2.24, 2.45) is 0 Å². The summed E-state index contributed by atoms with van der Waals surface area (Å²) < 4.78 is 3.35. The lowest BCUT2D eigenvalue weighted by Crippen LogP contribution is -2.27. The number of imide groups is 1. The number of amides is 2. The van der Waals surface area contributed by atoms with Crippen LogP contribution in [0.15, 0.2) is 59.5 Å². The second-order valence-electron chi connectivity index (χ2n) is 7.39. The Balaban J connectivity index is 1.61. The van der Waals surface area contributed by atoms with Gasteiger partial charge in [0.25, 0.3) is 11.1 Å². The molecule has 2 aromatic carbocycles. The highest BCUT2D eigenvalue weighted by Gasteiger charge is 2.35. The minimum atomic E-state index is -0.232. The van der Waals surface area contributed by atoms with Gasteiger partial charge in [0.15, 0.2) is 0 Å². The van der Waals surface area contributed by atoms with Gasteiger partial charge in [0.1, 0.15) is 0 Å². The summed E-state index contributed by atoms with van der Waals surface area (Å²) in [4.78, 5) is 27.2. The van der Waals surface area contributed by atoms with E-state index in [0.29, 0.717) is 11.4 Å². The molecule has 0 atom stereocenters. The first-order valence-corrected chi connectivity index (χ1v) is 11.5. The monoisotopic (exact) mass is 528 g/mol. The average Bonchev–Trinajstić information content (AvgIpc) is 3.14. The molecule has 1 aliphatic heterocycles. The van der Waals surface area contributed by atoms with Crippen LogP contribution in [0.3, 0.4) is 0 Å². The van der Waals surface area contributed by atoms with Crippen molar-refractivity contribution in [2.75, 3.05) is 0 Å². The van der Waals surface area contributed by atoms with Gasteiger partial charge >= 0.3 is 0 Å². The Labute approximate surface area is 194 Å². The van der Waals surface area contributed by atoms with E-state index in [-0.39, 0.29) is 11.1 Å². The van der Waals surface area contributed by atoms with E-state index in [1.807, 2.05) is 51.1 Å². The fourth-order valence-electron chi connectivity index (χ4n) is 3.57. The van der Waals surface area contributed by atoms with E-state index in [9.17, 15) is 9.59 Å². The molecule has 4 nitrogen and oxygen atoms in total. The van der Waals surface area contributed by atoms with E-state index < -0.39 is 0 Å². The van der Waals surface area contributed by atoms with E-state index >= 15 is 0 Å². The Morgan fingerprint density at radius 3 is 2.30 bits per heavy atom. The summed E-state index contributed by atoms with van der Waals surface area (Å²) in [7, 11) is 0. The highest BCUT2D eigenvalue weighted by molar-refractivity contribution is 14.1. The number of benzene rings is 2. The van der Waals surface area contributed by atoms with Gasteiger partial charge in [-0.1, -0.05) is 29.8 Å². The van der Waals surface area contributed by atoms with Crippen molar-refractivity contribution in [3.8, 4) is 5.69 Å². The molecule has 1 aromatic heterocycles. The van der Waals surface area contributed by atoms with Crippen molar-refractivity contribution in [2.45, 2.75) is 27.3 Å². The molecule has 0 saturated carbocycles. The molecule has 1 aliphatic rings. The summed E-state index contributed by atoms with van der Waals surface area (Å²) >= 11 is 3.30. The molecule has 0 radical (unpaired) electrons. The average molecular weight is 528 g/mol. The Hall–Kier alpha value is -2.32. The second-order valence-corrected chi connectivity index (χ2v) is 9.63. The first-order chi connectivity index (χ1) is 14.3. The molecular formula is C24H21IN2O2S. The zero-order valence-electron chi connectivity index (χ0n) is 17.0. The van der Waals surface area contributed by atoms with Gasteiger partial charge in [-0.05, 0) is 103 Å². The highest BCUT2D eigenvalue weighted by Crippen LogP contribution is 2.34. The van der Waals surface area contributed by atoms with Crippen molar-refractivity contribution >= 4 is 51.6 Å². The van der Waals surface area contributed by atoms with Crippen LogP contribution in [0.4, 0.5) is 4.79 Å². The Morgan fingerprint density at radius 1 is 0.967 bits per heavy atom. The molecule has 2 amide bonds. The van der Waals surface area contributed by atoms with Crippen molar-refractivity contribution < 1.29 is 9.59 Å². The zero-order valence-corrected chi connectivity index (χ0v) is 20.0. The normalized spacial score (nSPS) is 15.5. The predicted octanol–water partition coefficient (Wildman–Crippen LogP) is 6.24. The fourth-order valence-corrected chi connectivity index (χ4v) is 4.76. The van der Waals surface area contributed by atoms with Crippen LogP contribution in [0.1, 0.15) is 28.1 Å². The first kappa shape index (κ1) is 20.9. The van der Waals surface area contributed by atoms with E-state index in [1.54, 1.807) is 0 Å². The molecule has 30 heavy (non-hydrogen) atoms. The molecule has 0 bridgehead atoms. The van der Waals surface area contributed by atoms with Gasteiger partial charge in [-0.15, -0.1) is 0 Å². The lowest BCUT2D eigenvalue weighted by molar-refractivity contribution is -0.123. The number of halogens is 1. The van der Waals surface area contributed by atoms with Crippen LogP contribution in [0.5, 0.6) is 0 Å². The highest BCUT2D eigenvalue weighted by atomic mass is 127. The van der Waals surface area contributed by atoms with E-state index in [1.165, 1.54) is 8.47 Å². The first-order valence-electron chi connectivity index (χ1n) is 9.59. The third-order valence-electron chi connectivity index (χ3n) is 5.18. The van der Waals surface area contributed by atoms with Gasteiger partial charge in [0, 0.05) is 20.6 Å². The number of hydrogen-bond acceptors (Lipinski definition) is 3. The van der Waals surface area contributed by atoms with Crippen LogP contribution in [0, 0.1) is 24.3 Å². The van der Waals surface area contributed by atoms with Crippen LogP contribution >= 0.6 is 34.4 Å². The van der Waals surface area contributed by atoms with E-state index in [4.69, 9.17) is 0 Å². The summed E-state index contributed by atoms with van der Waals surface area (Å²) in [5.74, 6) is -0.232. The van der Waals surface area contributed by atoms with Crippen molar-refractivity contribution in [1.29, 1.82) is 0 Å². The van der Waals surface area contributed by atoms with Gasteiger partial charge in [-0.2, -0.15) is 0 Å². The van der Waals surface area contributed by atoms with Crippen molar-refractivity contribution in [3.63, 3.8) is 0 Å². The number of hydrogen-bond donors (Lipinski definition) is 0. The van der Waals surface area contributed by atoms with Gasteiger partial charge in [-0.3, -0.25) is 14.5 Å². The van der Waals surface area contributed by atoms with Crippen LogP contribution in [-0.4, -0.2) is 20.6 Å². The summed E-state index contributed by atoms with van der Waals surface area (Å²) in [6.45, 7) is 6.39. The topological polar surface area (TPSA) is 42.3 Å². The predicted molar refractivity (Wildman–Crippen MR) is 131 cm³/mol. The zero-order chi connectivity index (χ0) is 21.4. The maximum atomic E-state index is 12.9. The molecule has 152 valence electrons. The number of carbonyl (C=O) groups is 2. The van der Waals surface area contributed by atoms with Crippen LogP contribution in [-0.2, 0) is 11.3 Å². The van der Waals surface area contributed by atoms with Gasteiger partial charge in [-0.25, -0.2) is 0 Å². The standard InChI is InChI=1S/C24H21IN2O2S/c1-15-4-6-18(7-5-15)14-26-23(28)22(30-24(26)29)13-19-12-16(2)27(17(19)3)21-10-8-20(25)9-11-21/h4-13H,14H2,1-3H3/b22-13-. The number of nitrogens with zero attached hydrogens (tertiary/aromatic N) is 2. The fraction of sp³-hybridized carbons (Fsp3) is 0.167. The molecule has 1 saturated heterocycles. The molecule has 1 fully saturated rings. The van der Waals surface area contributed by atoms with Crippen LogP contribution < -0.4 is 0 Å². The Morgan fingerprint density at radius 2 is 1.63 bits per heavy atom. The number of aromatic nitrogens is 1. The number of carbonyl (C=O) groups excluding carboxylic acids is 2. The van der Waals surface area contributed by atoms with Gasteiger partial charge in [0.2, 0.25) is 0 Å². The third-order valence-corrected chi connectivity index (χ3v) is 6.80. The number of aryl methyl sites for hydroxylation is 2. The lowest BCUT2D eigenvalue weighted by atomic mass is 10.1. The number of rotatable bonds is 4. The molecule has 0 spiro atoms. The molecule has 0 aliphatic carbocycles. The SMILES string of the molecule is Cc1ccc(CN2C(=O)S/C(=C\c3cc(C)n(-c4ccc(I)cc4)c3C)C2=O)cc1. The lowest BCUT2D eigenvalue weighted by Gasteiger charge is -2.12. The second kappa shape index (κ2) is 8.43. The maximum Gasteiger partial charge on any atom is 0.293 e. The summed E-state index contributed by atoms with van der Waals surface area (Å²) in [6.07, 6.45) is 1.84. The Kier molecular flexibility index (Phi) is 5.88. The van der Waals surface area contributed by atoms with E-state index in [2.05, 4.69) is 57.5 Å². The summed E-state index contributed by atoms with van der Waals surface area (Å²) in [6, 6.07) is 18.3. The molecule has 2 heterocycles. The minimum Gasteiger partial charge on any atom is -0.318 e. The minimum absolute atomic E-state index is 0.224. The summed E-state index contributed by atoms with van der Waals surface area (Å²) in [5.41, 5.74) is 6.25. The van der Waals surface area contributed by atoms with Crippen LogP contribution in [0.25, 0.3) is 11.8 Å². The molecule has 4 rings (SSSR count). The van der Waals surface area contributed by atoms with Gasteiger partial charge < -0.3 is 4.57 Å². The smallest absolute Gasteiger partial charge is 0.293 e. The quantitative estimate of drug-likeness (QED) is 0.297. The molecule has 6 heteroatoms. The largest absolute Gasteiger partial charge is 0.318 e. The van der Waals surface area contributed by atoms with Crippen LogP contribution in [0.2, 0.25) is 0 Å². The van der Waals surface area contributed by atoms with Gasteiger partial charge in [0.05, 0.1) is 11.4 Å². The third kappa shape index (κ3) is 4.11. The molecular weight excluding hydrogens is 507 g/mol. The van der Waals surface area contributed by atoms with Crippen molar-refractivity contribution in [3.05, 3.63) is 91.2 Å².